The van der Waals surface area contributed by atoms with Gasteiger partial charge >= 0.3 is 5.69 Å². The summed E-state index contributed by atoms with van der Waals surface area (Å²) in [7, 11) is 0. The van der Waals surface area contributed by atoms with E-state index in [2.05, 4.69) is 10.2 Å². The normalized spacial score (nSPS) is 13.2. The Bertz CT molecular complexity index is 402. The Morgan fingerprint density at radius 3 is 2.89 bits per heavy atom. The summed E-state index contributed by atoms with van der Waals surface area (Å²) in [5, 5.41) is 16.7. The second-order valence-corrected chi connectivity index (χ2v) is 5.30. The van der Waals surface area contributed by atoms with Gasteiger partial charge in [-0.3, -0.25) is 4.57 Å². The van der Waals surface area contributed by atoms with Crippen molar-refractivity contribution < 1.29 is 9.84 Å². The number of ether oxygens (including phenoxy) is 1. The van der Waals surface area contributed by atoms with Gasteiger partial charge in [0.2, 0.25) is 0 Å². The van der Waals surface area contributed by atoms with Gasteiger partial charge in [0.15, 0.2) is 5.16 Å². The highest BCUT2D eigenvalue weighted by Gasteiger charge is 2.12. The van der Waals surface area contributed by atoms with E-state index in [0.29, 0.717) is 24.1 Å². The highest BCUT2D eigenvalue weighted by Crippen LogP contribution is 2.15. The predicted octanol–water partition coefficient (Wildman–Crippen LogP) is 0.859. The van der Waals surface area contributed by atoms with Crippen molar-refractivity contribution in [3.63, 3.8) is 0 Å². The minimum Gasteiger partial charge on any atom is -0.390 e. The van der Waals surface area contributed by atoms with E-state index < -0.39 is 6.10 Å². The molecular formula is C11H21N3O3S. The molecule has 0 bridgehead atoms. The maximum absolute atomic E-state index is 11.4. The highest BCUT2D eigenvalue weighted by atomic mass is 32.2. The van der Waals surface area contributed by atoms with Crippen LogP contribution in [0.25, 0.3) is 0 Å². The van der Waals surface area contributed by atoms with Crippen molar-refractivity contribution in [3.05, 3.63) is 10.5 Å². The lowest BCUT2D eigenvalue weighted by atomic mass is 10.4. The molecule has 1 unspecified atom stereocenters. The smallest absolute Gasteiger partial charge is 0.343 e. The molecule has 1 aromatic heterocycles. The van der Waals surface area contributed by atoms with E-state index in [-0.39, 0.29) is 11.8 Å². The Labute approximate surface area is 111 Å². The van der Waals surface area contributed by atoms with Crippen LogP contribution < -0.4 is 5.69 Å². The van der Waals surface area contributed by atoms with E-state index in [0.717, 1.165) is 6.42 Å². The number of hydrogen-bond donors (Lipinski definition) is 2. The van der Waals surface area contributed by atoms with Crippen molar-refractivity contribution in [1.29, 1.82) is 0 Å². The molecule has 1 heterocycles. The average Bonchev–Trinajstić information content (AvgIpc) is 2.66. The maximum atomic E-state index is 11.4. The molecule has 1 rings (SSSR count). The van der Waals surface area contributed by atoms with Gasteiger partial charge in [-0.25, -0.2) is 9.89 Å². The average molecular weight is 275 g/mol. The lowest BCUT2D eigenvalue weighted by molar-refractivity contribution is 0.0152. The molecule has 6 nitrogen and oxygen atoms in total. The zero-order valence-corrected chi connectivity index (χ0v) is 11.9. The summed E-state index contributed by atoms with van der Waals surface area (Å²) in [5.74, 6) is 0.459. The van der Waals surface area contributed by atoms with Crippen LogP contribution in [0.3, 0.4) is 0 Å². The van der Waals surface area contributed by atoms with E-state index in [1.165, 1.54) is 11.8 Å². The number of nitrogens with zero attached hydrogens (tertiary/aromatic N) is 2. The molecule has 0 aromatic carbocycles. The van der Waals surface area contributed by atoms with Crippen LogP contribution in [0.5, 0.6) is 0 Å². The number of aromatic nitrogens is 3. The zero-order valence-electron chi connectivity index (χ0n) is 11.0. The standard InChI is InChI=1S/C11H21N3O3S/c1-4-5-14-10(16)12-13-11(14)18-7-9(15)6-17-8(2)3/h8-9,15H,4-7H2,1-3H3,(H,12,16). The van der Waals surface area contributed by atoms with Gasteiger partial charge in [-0.1, -0.05) is 18.7 Å². The first-order valence-electron chi connectivity index (χ1n) is 6.12. The summed E-state index contributed by atoms with van der Waals surface area (Å²) in [4.78, 5) is 11.4. The van der Waals surface area contributed by atoms with Crippen LogP contribution in [0.4, 0.5) is 0 Å². The first-order chi connectivity index (χ1) is 8.54. The number of aromatic amines is 1. The number of nitrogens with one attached hydrogen (secondary N) is 1. The van der Waals surface area contributed by atoms with E-state index in [4.69, 9.17) is 4.74 Å². The lowest BCUT2D eigenvalue weighted by Gasteiger charge is -2.12. The summed E-state index contributed by atoms with van der Waals surface area (Å²) >= 11 is 1.36. The Kier molecular flexibility index (Phi) is 6.45. The largest absolute Gasteiger partial charge is 0.390 e. The number of aliphatic hydroxyl groups is 1. The zero-order chi connectivity index (χ0) is 13.5. The molecule has 0 saturated heterocycles. The number of aliphatic hydroxyl groups excluding tert-OH is 1. The van der Waals surface area contributed by atoms with Gasteiger partial charge in [0.05, 0.1) is 18.8 Å². The molecule has 0 spiro atoms. The Hall–Kier alpha value is -0.790. The molecule has 0 aliphatic heterocycles. The van der Waals surface area contributed by atoms with Gasteiger partial charge in [0.1, 0.15) is 0 Å². The fourth-order valence-corrected chi connectivity index (χ4v) is 2.23. The molecule has 0 aliphatic rings. The van der Waals surface area contributed by atoms with Crippen LogP contribution >= 0.6 is 11.8 Å². The van der Waals surface area contributed by atoms with Gasteiger partial charge < -0.3 is 9.84 Å². The summed E-state index contributed by atoms with van der Waals surface area (Å²) in [6, 6.07) is 0. The Morgan fingerprint density at radius 2 is 2.28 bits per heavy atom. The highest BCUT2D eigenvalue weighted by molar-refractivity contribution is 7.99. The van der Waals surface area contributed by atoms with Crippen molar-refractivity contribution in [3.8, 4) is 0 Å². The van der Waals surface area contributed by atoms with E-state index in [1.807, 2.05) is 20.8 Å². The van der Waals surface area contributed by atoms with Crippen LogP contribution in [0.15, 0.2) is 9.95 Å². The van der Waals surface area contributed by atoms with Crippen LogP contribution in [0, 0.1) is 0 Å². The van der Waals surface area contributed by atoms with E-state index in [9.17, 15) is 9.90 Å². The molecule has 2 N–H and O–H groups in total. The third kappa shape index (κ3) is 4.83. The molecule has 1 aromatic rings. The van der Waals surface area contributed by atoms with E-state index >= 15 is 0 Å². The van der Waals surface area contributed by atoms with Crippen molar-refractivity contribution in [2.75, 3.05) is 12.4 Å². The SMILES string of the molecule is CCCn1c(SCC(O)COC(C)C)n[nH]c1=O. The number of hydrogen-bond acceptors (Lipinski definition) is 5. The van der Waals surface area contributed by atoms with E-state index in [1.54, 1.807) is 4.57 Å². The molecule has 0 radical (unpaired) electrons. The monoisotopic (exact) mass is 275 g/mol. The predicted molar refractivity (Wildman–Crippen MR) is 71.0 cm³/mol. The lowest BCUT2D eigenvalue weighted by Crippen LogP contribution is -2.21. The van der Waals surface area contributed by atoms with Crippen LogP contribution in [0.2, 0.25) is 0 Å². The van der Waals surface area contributed by atoms with Gasteiger partial charge in [-0.05, 0) is 20.3 Å². The van der Waals surface area contributed by atoms with Crippen LogP contribution in [-0.4, -0.2) is 44.4 Å². The fraction of sp³-hybridized carbons (Fsp3) is 0.818. The van der Waals surface area contributed by atoms with Crippen molar-refractivity contribution >= 4 is 11.8 Å². The Morgan fingerprint density at radius 1 is 1.56 bits per heavy atom. The quantitative estimate of drug-likeness (QED) is 0.688. The van der Waals surface area contributed by atoms with Gasteiger partial charge in [0, 0.05) is 12.3 Å². The molecule has 0 amide bonds. The minimum absolute atomic E-state index is 0.105. The molecule has 0 fully saturated rings. The molecule has 0 saturated carbocycles. The number of thioether (sulfide) groups is 1. The van der Waals surface area contributed by atoms with Crippen molar-refractivity contribution in [2.45, 2.75) is 51.1 Å². The van der Waals surface area contributed by atoms with Crippen molar-refractivity contribution in [1.82, 2.24) is 14.8 Å². The first kappa shape index (κ1) is 15.3. The number of H-pyrrole nitrogens is 1. The fourth-order valence-electron chi connectivity index (χ4n) is 1.36. The number of rotatable bonds is 8. The second kappa shape index (κ2) is 7.60. The second-order valence-electron chi connectivity index (χ2n) is 4.31. The molecule has 0 aliphatic carbocycles. The third-order valence-corrected chi connectivity index (χ3v) is 3.32. The minimum atomic E-state index is -0.556. The molecule has 104 valence electrons. The summed E-state index contributed by atoms with van der Waals surface area (Å²) < 4.78 is 6.90. The summed E-state index contributed by atoms with van der Waals surface area (Å²) in [6.45, 7) is 6.78. The third-order valence-electron chi connectivity index (χ3n) is 2.20. The molecule has 7 heteroatoms. The van der Waals surface area contributed by atoms with Gasteiger partial charge in [0.25, 0.3) is 0 Å². The maximum Gasteiger partial charge on any atom is 0.343 e. The topological polar surface area (TPSA) is 80.1 Å². The Balaban J connectivity index is 2.45. The van der Waals surface area contributed by atoms with Gasteiger partial charge in [-0.15, -0.1) is 5.10 Å². The summed E-state index contributed by atoms with van der Waals surface area (Å²) in [6.07, 6.45) is 0.416. The molecular weight excluding hydrogens is 254 g/mol. The van der Waals surface area contributed by atoms with Crippen molar-refractivity contribution in [2.24, 2.45) is 0 Å². The first-order valence-corrected chi connectivity index (χ1v) is 7.10. The van der Waals surface area contributed by atoms with Crippen LogP contribution in [-0.2, 0) is 11.3 Å². The summed E-state index contributed by atoms with van der Waals surface area (Å²) in [5.41, 5.74) is -0.202. The van der Waals surface area contributed by atoms with Gasteiger partial charge in [-0.2, -0.15) is 0 Å². The van der Waals surface area contributed by atoms with Crippen LogP contribution in [0.1, 0.15) is 27.2 Å². The molecule has 1 atom stereocenters. The molecule has 18 heavy (non-hydrogen) atoms.